The van der Waals surface area contributed by atoms with E-state index in [1.54, 1.807) is 0 Å². The van der Waals surface area contributed by atoms with Crippen molar-refractivity contribution < 1.29 is 5.11 Å². The van der Waals surface area contributed by atoms with Gasteiger partial charge in [0.2, 0.25) is 0 Å². The summed E-state index contributed by atoms with van der Waals surface area (Å²) in [5, 5.41) is 13.0. The maximum absolute atomic E-state index is 9.79. The maximum Gasteiger partial charge on any atom is 0.0715 e. The van der Waals surface area contributed by atoms with Crippen LogP contribution in [0.4, 0.5) is 11.4 Å². The summed E-state index contributed by atoms with van der Waals surface area (Å²) in [4.78, 5) is 0. The SMILES string of the molecule is Cc1cc(NCC(O)CC(C)C)c(Br)cc1N. The highest BCUT2D eigenvalue weighted by atomic mass is 79.9. The number of benzene rings is 1. The van der Waals surface area contributed by atoms with Gasteiger partial charge in [-0.2, -0.15) is 0 Å². The number of rotatable bonds is 5. The Morgan fingerprint density at radius 1 is 1.41 bits per heavy atom. The van der Waals surface area contributed by atoms with Gasteiger partial charge in [-0.1, -0.05) is 13.8 Å². The molecule has 4 heteroatoms. The zero-order chi connectivity index (χ0) is 13.0. The Morgan fingerprint density at radius 2 is 2.06 bits per heavy atom. The van der Waals surface area contributed by atoms with Crippen molar-refractivity contribution >= 4 is 27.3 Å². The van der Waals surface area contributed by atoms with Gasteiger partial charge in [0, 0.05) is 22.4 Å². The monoisotopic (exact) mass is 300 g/mol. The van der Waals surface area contributed by atoms with E-state index in [2.05, 4.69) is 35.1 Å². The average Bonchev–Trinajstić information content (AvgIpc) is 2.20. The molecular weight excluding hydrogens is 280 g/mol. The zero-order valence-corrected chi connectivity index (χ0v) is 12.2. The number of nitrogen functional groups attached to an aromatic ring is 1. The third kappa shape index (κ3) is 4.56. The van der Waals surface area contributed by atoms with E-state index in [-0.39, 0.29) is 6.10 Å². The molecule has 0 aliphatic rings. The number of nitrogens with one attached hydrogen (secondary N) is 1. The molecule has 0 bridgehead atoms. The largest absolute Gasteiger partial charge is 0.398 e. The van der Waals surface area contributed by atoms with E-state index in [0.29, 0.717) is 12.5 Å². The molecule has 0 heterocycles. The molecule has 4 N–H and O–H groups in total. The first-order valence-electron chi connectivity index (χ1n) is 5.87. The molecule has 1 aromatic rings. The normalized spacial score (nSPS) is 12.8. The maximum atomic E-state index is 9.79. The van der Waals surface area contributed by atoms with Crippen LogP contribution in [0.15, 0.2) is 16.6 Å². The number of aliphatic hydroxyl groups is 1. The van der Waals surface area contributed by atoms with E-state index < -0.39 is 0 Å². The van der Waals surface area contributed by atoms with Crippen LogP contribution < -0.4 is 11.1 Å². The fourth-order valence-corrected chi connectivity index (χ4v) is 2.19. The summed E-state index contributed by atoms with van der Waals surface area (Å²) < 4.78 is 0.928. The highest BCUT2D eigenvalue weighted by molar-refractivity contribution is 9.10. The predicted octanol–water partition coefficient (Wildman–Crippen LogP) is 3.16. The number of hydrogen-bond acceptors (Lipinski definition) is 3. The lowest BCUT2D eigenvalue weighted by molar-refractivity contribution is 0.161. The van der Waals surface area contributed by atoms with Crippen LogP contribution in [0.25, 0.3) is 0 Å². The number of anilines is 2. The topological polar surface area (TPSA) is 58.3 Å². The molecule has 0 saturated carbocycles. The van der Waals surface area contributed by atoms with Gasteiger partial charge in [-0.3, -0.25) is 0 Å². The fourth-order valence-electron chi connectivity index (χ4n) is 1.69. The second-order valence-electron chi connectivity index (χ2n) is 4.85. The Morgan fingerprint density at radius 3 is 2.65 bits per heavy atom. The van der Waals surface area contributed by atoms with Gasteiger partial charge in [0.25, 0.3) is 0 Å². The van der Waals surface area contributed by atoms with E-state index >= 15 is 0 Å². The Bertz CT molecular complexity index is 380. The van der Waals surface area contributed by atoms with Crippen LogP contribution in [0, 0.1) is 12.8 Å². The van der Waals surface area contributed by atoms with Crippen LogP contribution in [0.2, 0.25) is 0 Å². The minimum Gasteiger partial charge on any atom is -0.398 e. The minimum atomic E-state index is -0.320. The van der Waals surface area contributed by atoms with Crippen LogP contribution >= 0.6 is 15.9 Å². The molecule has 0 aliphatic heterocycles. The van der Waals surface area contributed by atoms with Crippen LogP contribution in [-0.2, 0) is 0 Å². The third-order valence-corrected chi connectivity index (χ3v) is 3.28. The molecule has 3 nitrogen and oxygen atoms in total. The van der Waals surface area contributed by atoms with Crippen molar-refractivity contribution in [3.8, 4) is 0 Å². The first-order valence-corrected chi connectivity index (χ1v) is 6.67. The van der Waals surface area contributed by atoms with Crippen molar-refractivity contribution in [2.45, 2.75) is 33.3 Å². The van der Waals surface area contributed by atoms with Crippen LogP contribution in [-0.4, -0.2) is 17.8 Å². The summed E-state index contributed by atoms with van der Waals surface area (Å²) >= 11 is 3.46. The quantitative estimate of drug-likeness (QED) is 0.732. The first kappa shape index (κ1) is 14.3. The van der Waals surface area contributed by atoms with Crippen molar-refractivity contribution in [3.05, 3.63) is 22.2 Å². The molecule has 0 aromatic heterocycles. The lowest BCUT2D eigenvalue weighted by Crippen LogP contribution is -2.21. The number of nitrogens with two attached hydrogens (primary N) is 1. The van der Waals surface area contributed by atoms with Crippen LogP contribution in [0.1, 0.15) is 25.8 Å². The summed E-state index contributed by atoms with van der Waals surface area (Å²) in [7, 11) is 0. The minimum absolute atomic E-state index is 0.320. The molecule has 96 valence electrons. The van der Waals surface area contributed by atoms with Gasteiger partial charge in [0.15, 0.2) is 0 Å². The van der Waals surface area contributed by atoms with Crippen molar-refractivity contribution in [2.24, 2.45) is 5.92 Å². The smallest absolute Gasteiger partial charge is 0.0715 e. The molecule has 1 rings (SSSR count). The number of halogens is 1. The summed E-state index contributed by atoms with van der Waals surface area (Å²) in [6.07, 6.45) is 0.484. The Balaban J connectivity index is 2.60. The van der Waals surface area contributed by atoms with Crippen molar-refractivity contribution in [1.82, 2.24) is 0 Å². The van der Waals surface area contributed by atoms with Crippen LogP contribution in [0.5, 0.6) is 0 Å². The number of aliphatic hydroxyl groups excluding tert-OH is 1. The average molecular weight is 301 g/mol. The summed E-state index contributed by atoms with van der Waals surface area (Å²) in [5.41, 5.74) is 8.58. The molecule has 0 aliphatic carbocycles. The first-order chi connectivity index (χ1) is 7.90. The second-order valence-corrected chi connectivity index (χ2v) is 5.71. The molecule has 0 spiro atoms. The van der Waals surface area contributed by atoms with Crippen molar-refractivity contribution in [2.75, 3.05) is 17.6 Å². The molecule has 0 saturated heterocycles. The van der Waals surface area contributed by atoms with Crippen LogP contribution in [0.3, 0.4) is 0 Å². The molecule has 0 amide bonds. The molecule has 1 atom stereocenters. The fraction of sp³-hybridized carbons (Fsp3) is 0.538. The lowest BCUT2D eigenvalue weighted by atomic mass is 10.1. The molecule has 0 radical (unpaired) electrons. The van der Waals surface area contributed by atoms with Gasteiger partial charge in [0.1, 0.15) is 0 Å². The van der Waals surface area contributed by atoms with E-state index in [9.17, 15) is 5.11 Å². The summed E-state index contributed by atoms with van der Waals surface area (Å²) in [6.45, 7) is 6.73. The molecule has 17 heavy (non-hydrogen) atoms. The third-order valence-electron chi connectivity index (χ3n) is 2.63. The standard InChI is InChI=1S/C13H21BrN2O/c1-8(2)4-10(17)7-16-13-5-9(3)12(15)6-11(13)14/h5-6,8,10,16-17H,4,7,15H2,1-3H3. The summed E-state index contributed by atoms with van der Waals surface area (Å²) in [6, 6.07) is 3.87. The Kier molecular flexibility index (Phi) is 5.28. The van der Waals surface area contributed by atoms with E-state index in [1.165, 1.54) is 0 Å². The van der Waals surface area contributed by atoms with Gasteiger partial charge >= 0.3 is 0 Å². The van der Waals surface area contributed by atoms with Gasteiger partial charge in [-0.05, 0) is 52.9 Å². The molecule has 0 fully saturated rings. The highest BCUT2D eigenvalue weighted by Gasteiger charge is 2.08. The van der Waals surface area contributed by atoms with E-state index in [0.717, 1.165) is 27.8 Å². The second kappa shape index (κ2) is 6.26. The van der Waals surface area contributed by atoms with Crippen molar-refractivity contribution in [1.29, 1.82) is 0 Å². The summed E-state index contributed by atoms with van der Waals surface area (Å²) in [5.74, 6) is 0.503. The number of hydrogen-bond donors (Lipinski definition) is 3. The highest BCUT2D eigenvalue weighted by Crippen LogP contribution is 2.27. The molecule has 1 aromatic carbocycles. The Labute approximate surface area is 112 Å². The predicted molar refractivity (Wildman–Crippen MR) is 77.2 cm³/mol. The zero-order valence-electron chi connectivity index (χ0n) is 10.6. The Hall–Kier alpha value is -0.740. The molecular formula is C13H21BrN2O. The van der Waals surface area contributed by atoms with Crippen molar-refractivity contribution in [3.63, 3.8) is 0 Å². The van der Waals surface area contributed by atoms with E-state index in [1.807, 2.05) is 19.1 Å². The van der Waals surface area contributed by atoms with E-state index in [4.69, 9.17) is 5.73 Å². The lowest BCUT2D eigenvalue weighted by Gasteiger charge is -2.16. The number of aryl methyl sites for hydroxylation is 1. The van der Waals surface area contributed by atoms with Gasteiger partial charge in [-0.25, -0.2) is 0 Å². The van der Waals surface area contributed by atoms with Gasteiger partial charge < -0.3 is 16.2 Å². The van der Waals surface area contributed by atoms with Gasteiger partial charge in [0.05, 0.1) is 6.10 Å². The molecule has 1 unspecified atom stereocenters. The van der Waals surface area contributed by atoms with Gasteiger partial charge in [-0.15, -0.1) is 0 Å².